The fraction of sp³-hybridized carbons (Fsp3) is 0.562. The molecule has 0 aromatic heterocycles. The summed E-state index contributed by atoms with van der Waals surface area (Å²) in [4.78, 5) is 4.29. The highest BCUT2D eigenvalue weighted by Crippen LogP contribution is 2.21. The number of anilines is 1. The van der Waals surface area contributed by atoms with Gasteiger partial charge in [0.2, 0.25) is 10.0 Å². The van der Waals surface area contributed by atoms with Crippen LogP contribution in [0.1, 0.15) is 31.7 Å². The lowest BCUT2D eigenvalue weighted by molar-refractivity contribution is 0.209. The second kappa shape index (κ2) is 7.31. The van der Waals surface area contributed by atoms with E-state index in [2.05, 4.69) is 36.3 Å². The van der Waals surface area contributed by atoms with Gasteiger partial charge in [0, 0.05) is 31.2 Å². The number of sulfonamides is 1. The Morgan fingerprint density at radius 1 is 1.39 bits per heavy atom. The van der Waals surface area contributed by atoms with E-state index in [1.165, 1.54) is 16.1 Å². The standard InChI is InChI=1S/C16H26N4O2S/c1-4-12(2)14-5-7-15(8-6-14)19-16(17)18-9-13-10-20(11-13)23(3,21)22/h5-8,12-13H,4,9-11H2,1-3H3,(H3,17,18,19). The molecule has 128 valence electrons. The first-order valence-electron chi connectivity index (χ1n) is 7.91. The number of benzene rings is 1. The monoisotopic (exact) mass is 338 g/mol. The van der Waals surface area contributed by atoms with Crippen molar-refractivity contribution in [1.82, 2.24) is 4.31 Å². The molecule has 6 nitrogen and oxygen atoms in total. The van der Waals surface area contributed by atoms with E-state index >= 15 is 0 Å². The van der Waals surface area contributed by atoms with Crippen molar-refractivity contribution in [2.75, 3.05) is 31.2 Å². The molecule has 0 saturated carbocycles. The fourth-order valence-electron chi connectivity index (χ4n) is 2.45. The van der Waals surface area contributed by atoms with Crippen molar-refractivity contribution in [3.63, 3.8) is 0 Å². The van der Waals surface area contributed by atoms with Crippen LogP contribution in [-0.4, -0.2) is 44.6 Å². The van der Waals surface area contributed by atoms with Gasteiger partial charge in [-0.25, -0.2) is 12.7 Å². The van der Waals surface area contributed by atoms with Gasteiger partial charge >= 0.3 is 0 Å². The Morgan fingerprint density at radius 3 is 2.52 bits per heavy atom. The zero-order valence-corrected chi connectivity index (χ0v) is 14.8. The Balaban J connectivity index is 1.81. The zero-order chi connectivity index (χ0) is 17.0. The summed E-state index contributed by atoms with van der Waals surface area (Å²) in [6, 6.07) is 8.19. The average Bonchev–Trinajstić information content (AvgIpc) is 2.44. The summed E-state index contributed by atoms with van der Waals surface area (Å²) in [7, 11) is -3.06. The Morgan fingerprint density at radius 2 is 2.00 bits per heavy atom. The minimum Gasteiger partial charge on any atom is -0.370 e. The summed E-state index contributed by atoms with van der Waals surface area (Å²) in [5, 5.41) is 3.07. The summed E-state index contributed by atoms with van der Waals surface area (Å²) in [5.74, 6) is 1.16. The lowest BCUT2D eigenvalue weighted by atomic mass is 9.99. The first-order chi connectivity index (χ1) is 10.8. The van der Waals surface area contributed by atoms with Gasteiger partial charge < -0.3 is 11.1 Å². The second-order valence-corrected chi connectivity index (χ2v) is 8.21. The van der Waals surface area contributed by atoms with Crippen LogP contribution in [0.25, 0.3) is 0 Å². The minimum absolute atomic E-state index is 0.248. The van der Waals surface area contributed by atoms with Crippen LogP contribution in [0.5, 0.6) is 0 Å². The molecule has 0 bridgehead atoms. The molecule has 1 heterocycles. The lowest BCUT2D eigenvalue weighted by Crippen LogP contribution is -2.50. The summed E-state index contributed by atoms with van der Waals surface area (Å²) < 4.78 is 24.0. The van der Waals surface area contributed by atoms with Crippen molar-refractivity contribution in [2.24, 2.45) is 16.6 Å². The van der Waals surface area contributed by atoms with E-state index in [1.807, 2.05) is 12.1 Å². The van der Waals surface area contributed by atoms with Crippen molar-refractivity contribution >= 4 is 21.7 Å². The first kappa shape index (κ1) is 17.7. The van der Waals surface area contributed by atoms with E-state index in [0.717, 1.165) is 12.1 Å². The van der Waals surface area contributed by atoms with E-state index in [4.69, 9.17) is 5.73 Å². The lowest BCUT2D eigenvalue weighted by Gasteiger charge is -2.36. The van der Waals surface area contributed by atoms with Gasteiger partial charge in [-0.15, -0.1) is 0 Å². The van der Waals surface area contributed by atoms with Crippen molar-refractivity contribution in [2.45, 2.75) is 26.2 Å². The average molecular weight is 338 g/mol. The fourth-order valence-corrected chi connectivity index (χ4v) is 3.42. The van der Waals surface area contributed by atoms with Crippen LogP contribution in [-0.2, 0) is 10.0 Å². The van der Waals surface area contributed by atoms with E-state index in [1.54, 1.807) is 0 Å². The van der Waals surface area contributed by atoms with Gasteiger partial charge in [-0.3, -0.25) is 4.99 Å². The number of nitrogens with one attached hydrogen (secondary N) is 1. The number of guanidine groups is 1. The van der Waals surface area contributed by atoms with Crippen LogP contribution < -0.4 is 11.1 Å². The minimum atomic E-state index is -3.06. The molecule has 0 aliphatic carbocycles. The molecule has 1 fully saturated rings. The highest BCUT2D eigenvalue weighted by Gasteiger charge is 2.32. The quantitative estimate of drug-likeness (QED) is 0.612. The molecular formula is C16H26N4O2S. The number of aliphatic imine (C=N–C) groups is 1. The van der Waals surface area contributed by atoms with Gasteiger partial charge in [-0.05, 0) is 30.0 Å². The van der Waals surface area contributed by atoms with E-state index in [-0.39, 0.29) is 5.92 Å². The van der Waals surface area contributed by atoms with Gasteiger partial charge in [0.1, 0.15) is 0 Å². The third-order valence-corrected chi connectivity index (χ3v) is 5.51. The van der Waals surface area contributed by atoms with Gasteiger partial charge in [0.25, 0.3) is 0 Å². The topological polar surface area (TPSA) is 87.8 Å². The molecule has 1 aliphatic rings. The molecule has 1 saturated heterocycles. The summed E-state index contributed by atoms with van der Waals surface area (Å²) >= 11 is 0. The number of hydrogen-bond acceptors (Lipinski definition) is 3. The van der Waals surface area contributed by atoms with Crippen LogP contribution in [0.2, 0.25) is 0 Å². The molecule has 0 amide bonds. The van der Waals surface area contributed by atoms with Crippen LogP contribution in [0.15, 0.2) is 29.3 Å². The number of nitrogens with zero attached hydrogens (tertiary/aromatic N) is 2. The second-order valence-electron chi connectivity index (χ2n) is 6.23. The molecule has 7 heteroatoms. The number of hydrogen-bond donors (Lipinski definition) is 2. The molecule has 1 atom stereocenters. The zero-order valence-electron chi connectivity index (χ0n) is 14.0. The number of nitrogens with two attached hydrogens (primary N) is 1. The van der Waals surface area contributed by atoms with Crippen molar-refractivity contribution in [1.29, 1.82) is 0 Å². The number of rotatable bonds is 6. The Labute approximate surface area is 138 Å². The molecule has 2 rings (SSSR count). The van der Waals surface area contributed by atoms with Crippen molar-refractivity contribution < 1.29 is 8.42 Å². The Bertz CT molecular complexity index is 649. The summed E-state index contributed by atoms with van der Waals surface area (Å²) in [6.45, 7) is 5.97. The predicted octanol–water partition coefficient (Wildman–Crippen LogP) is 1.82. The maximum Gasteiger partial charge on any atom is 0.211 e. The molecule has 1 aliphatic heterocycles. The third-order valence-electron chi connectivity index (χ3n) is 4.28. The molecular weight excluding hydrogens is 312 g/mol. The summed E-state index contributed by atoms with van der Waals surface area (Å²) in [5.41, 5.74) is 8.10. The highest BCUT2D eigenvalue weighted by molar-refractivity contribution is 7.88. The maximum absolute atomic E-state index is 11.3. The van der Waals surface area contributed by atoms with E-state index < -0.39 is 10.0 Å². The van der Waals surface area contributed by atoms with Gasteiger partial charge in [0.15, 0.2) is 5.96 Å². The van der Waals surface area contributed by atoms with E-state index in [9.17, 15) is 8.42 Å². The molecule has 3 N–H and O–H groups in total. The SMILES string of the molecule is CCC(C)c1ccc(NC(N)=NCC2CN(S(C)(=O)=O)C2)cc1. The van der Waals surface area contributed by atoms with Crippen LogP contribution >= 0.6 is 0 Å². The van der Waals surface area contributed by atoms with Crippen molar-refractivity contribution in [3.8, 4) is 0 Å². The van der Waals surface area contributed by atoms with Crippen molar-refractivity contribution in [3.05, 3.63) is 29.8 Å². The van der Waals surface area contributed by atoms with Gasteiger partial charge in [-0.1, -0.05) is 26.0 Å². The largest absolute Gasteiger partial charge is 0.370 e. The summed E-state index contributed by atoms with van der Waals surface area (Å²) in [6.07, 6.45) is 2.34. The molecule has 1 unspecified atom stereocenters. The molecule has 23 heavy (non-hydrogen) atoms. The molecule has 1 aromatic rings. The Hall–Kier alpha value is -1.60. The maximum atomic E-state index is 11.3. The van der Waals surface area contributed by atoms with Crippen LogP contribution in [0.3, 0.4) is 0 Å². The normalized spacial score (nSPS) is 18.5. The predicted molar refractivity (Wildman–Crippen MR) is 95.2 cm³/mol. The Kier molecular flexibility index (Phi) is 5.64. The van der Waals surface area contributed by atoms with Crippen LogP contribution in [0.4, 0.5) is 5.69 Å². The molecule has 1 aromatic carbocycles. The molecule has 0 spiro atoms. The highest BCUT2D eigenvalue weighted by atomic mass is 32.2. The molecule has 0 radical (unpaired) electrons. The van der Waals surface area contributed by atoms with Gasteiger partial charge in [0.05, 0.1) is 6.26 Å². The van der Waals surface area contributed by atoms with Crippen LogP contribution in [0, 0.1) is 5.92 Å². The smallest absolute Gasteiger partial charge is 0.211 e. The first-order valence-corrected chi connectivity index (χ1v) is 9.76. The third kappa shape index (κ3) is 4.94. The van der Waals surface area contributed by atoms with Gasteiger partial charge in [-0.2, -0.15) is 0 Å². The van der Waals surface area contributed by atoms with E-state index in [0.29, 0.717) is 31.5 Å².